The van der Waals surface area contributed by atoms with E-state index in [9.17, 15) is 25.5 Å². The van der Waals surface area contributed by atoms with Crippen molar-refractivity contribution in [2.24, 2.45) is 0 Å². The minimum Gasteiger partial charge on any atom is -0.394 e. The van der Waals surface area contributed by atoms with Crippen LogP contribution >= 0.6 is 0 Å². The molecule has 11 heteroatoms. The maximum Gasteiger partial charge on any atom is 0.224 e. The van der Waals surface area contributed by atoms with Crippen LogP contribution in [0.5, 0.6) is 0 Å². The first kappa shape index (κ1) is 54.5. The lowest BCUT2D eigenvalue weighted by atomic mass is 9.78. The van der Waals surface area contributed by atoms with Crippen molar-refractivity contribution in [3.8, 4) is 0 Å². The average Bonchev–Trinajstić information content (AvgIpc) is 3.79. The molecule has 0 spiro atoms. The molecule has 0 saturated carbocycles. The summed E-state index contributed by atoms with van der Waals surface area (Å²) in [4.78, 5) is 0. The number of hydrogen-bond acceptors (Lipinski definition) is 11. The van der Waals surface area contributed by atoms with Crippen molar-refractivity contribution in [2.75, 3.05) is 19.8 Å². The molecule has 80 heavy (non-hydrogen) atoms. The van der Waals surface area contributed by atoms with Crippen molar-refractivity contribution in [2.45, 2.75) is 71.6 Å². The Labute approximate surface area is 466 Å². The van der Waals surface area contributed by atoms with Gasteiger partial charge >= 0.3 is 0 Å². The summed E-state index contributed by atoms with van der Waals surface area (Å²) in [5, 5.41) is 57.9. The van der Waals surface area contributed by atoms with Gasteiger partial charge in [-0.3, -0.25) is 0 Å². The molecule has 0 amide bonds. The summed E-state index contributed by atoms with van der Waals surface area (Å²) in [5.41, 5.74) is 2.12. The predicted octanol–water partition coefficient (Wildman–Crippen LogP) is 9.65. The number of ether oxygens (including phenoxy) is 6. The van der Waals surface area contributed by atoms with Gasteiger partial charge in [0.05, 0.1) is 13.2 Å². The first-order valence-electron chi connectivity index (χ1n) is 27.0. The Morgan fingerprint density at radius 1 is 0.350 bits per heavy atom. The van der Waals surface area contributed by atoms with Crippen LogP contribution in [-0.2, 0) is 45.2 Å². The highest BCUT2D eigenvalue weighted by Gasteiger charge is 2.65. The first-order chi connectivity index (χ1) is 39.3. The standard InChI is InChI=1S/C69H64O11/c70-46-58-60(72)61(73)62(74)65(76-58)80-66(48-75-67(49-28-10-1-11-29-49,50-30-12-2-13-31-50)51-32-14-3-15-33-51)64(79-69(55-40-22-7-23-41-55,56-42-24-8-25-43-56)57-44-26-9-27-45-57)63(59(47-71)77-66)78-68(52-34-16-4-17-35-52,53-36-18-5-19-37-53)54-38-20-6-21-39-54/h1-45,58-65,70-74H,46-48H2/t58-,59-,60-,61+,62-,63-,64+,65-,66+/m1/s1. The summed E-state index contributed by atoms with van der Waals surface area (Å²) in [7, 11) is 0. The number of hydrogen-bond donors (Lipinski definition) is 5. The SMILES string of the molecule is OC[C@H]1O[C@H](O[C@]2(COC(c3ccccc3)(c3ccccc3)c3ccccc3)O[C@H](CO)[C@@H](OC(c3ccccc3)(c3ccccc3)c3ccccc3)[C@@H]2OC(c2ccccc2)(c2ccccc2)c2ccccc2)[C@H](O)[C@@H](O)[C@@H]1O. The molecule has 11 nitrogen and oxygen atoms in total. The molecule has 5 N–H and O–H groups in total. The van der Waals surface area contributed by atoms with Crippen molar-refractivity contribution in [3.63, 3.8) is 0 Å². The fraction of sp³-hybridized carbons (Fsp3) is 0.217. The molecule has 2 heterocycles. The van der Waals surface area contributed by atoms with Gasteiger partial charge in [0.1, 0.15) is 66.1 Å². The zero-order chi connectivity index (χ0) is 55.0. The molecule has 11 rings (SSSR count). The quantitative estimate of drug-likeness (QED) is 0.0464. The molecule has 0 unspecified atom stereocenters. The molecule has 9 aromatic rings. The molecule has 0 bridgehead atoms. The third kappa shape index (κ3) is 10.1. The van der Waals surface area contributed by atoms with Gasteiger partial charge in [-0.1, -0.05) is 273 Å². The molecule has 2 fully saturated rings. The highest BCUT2D eigenvalue weighted by molar-refractivity contribution is 5.51. The van der Waals surface area contributed by atoms with E-state index in [0.717, 1.165) is 33.4 Å². The lowest BCUT2D eigenvalue weighted by molar-refractivity contribution is -0.393. The summed E-state index contributed by atoms with van der Waals surface area (Å²) >= 11 is 0. The molecule has 9 aromatic carbocycles. The van der Waals surface area contributed by atoms with Gasteiger partial charge in [0.25, 0.3) is 0 Å². The van der Waals surface area contributed by atoms with Crippen molar-refractivity contribution in [1.29, 1.82) is 0 Å². The van der Waals surface area contributed by atoms with Gasteiger partial charge in [0.2, 0.25) is 5.79 Å². The summed E-state index contributed by atoms with van der Waals surface area (Å²) in [6.07, 6.45) is -12.9. The smallest absolute Gasteiger partial charge is 0.224 e. The molecule has 2 saturated heterocycles. The Bertz CT molecular complexity index is 3020. The Morgan fingerprint density at radius 3 is 0.938 bits per heavy atom. The van der Waals surface area contributed by atoms with Crippen LogP contribution in [-0.4, -0.2) is 100 Å². The van der Waals surface area contributed by atoms with E-state index in [0.29, 0.717) is 16.7 Å². The Hall–Kier alpha value is -7.46. The minimum atomic E-state index is -2.34. The van der Waals surface area contributed by atoms with Crippen LogP contribution in [0.2, 0.25) is 0 Å². The van der Waals surface area contributed by atoms with Gasteiger partial charge in [0.15, 0.2) is 6.29 Å². The summed E-state index contributed by atoms with van der Waals surface area (Å²) in [6, 6.07) is 88.1. The normalized spacial score (nSPS) is 23.4. The van der Waals surface area contributed by atoms with Crippen LogP contribution < -0.4 is 0 Å². The van der Waals surface area contributed by atoms with E-state index in [2.05, 4.69) is 0 Å². The van der Waals surface area contributed by atoms with Crippen LogP contribution in [0.25, 0.3) is 0 Å². The fourth-order valence-corrected chi connectivity index (χ4v) is 11.7. The van der Waals surface area contributed by atoms with E-state index >= 15 is 0 Å². The lowest BCUT2D eigenvalue weighted by Gasteiger charge is -2.48. The maximum absolute atomic E-state index is 12.2. The highest BCUT2D eigenvalue weighted by atomic mass is 16.8. The number of rotatable bonds is 20. The van der Waals surface area contributed by atoms with E-state index < -0.39 is 91.4 Å². The maximum atomic E-state index is 12.2. The van der Waals surface area contributed by atoms with Crippen LogP contribution in [0.15, 0.2) is 273 Å². The molecule has 0 aliphatic carbocycles. The van der Waals surface area contributed by atoms with Gasteiger partial charge in [0, 0.05) is 0 Å². The van der Waals surface area contributed by atoms with Gasteiger partial charge < -0.3 is 54.0 Å². The monoisotopic (exact) mass is 1070 g/mol. The summed E-state index contributed by atoms with van der Waals surface area (Å²) in [5.74, 6) is -2.34. The molecule has 9 atom stereocenters. The minimum absolute atomic E-state index is 0.550. The van der Waals surface area contributed by atoms with Crippen molar-refractivity contribution >= 4 is 0 Å². The van der Waals surface area contributed by atoms with E-state index in [1.807, 2.05) is 273 Å². The van der Waals surface area contributed by atoms with E-state index in [-0.39, 0.29) is 0 Å². The number of benzene rings is 9. The Morgan fingerprint density at radius 2 is 0.637 bits per heavy atom. The van der Waals surface area contributed by atoms with Crippen LogP contribution in [0.1, 0.15) is 50.1 Å². The highest BCUT2D eigenvalue weighted by Crippen LogP contribution is 2.53. The van der Waals surface area contributed by atoms with Crippen molar-refractivity contribution in [3.05, 3.63) is 323 Å². The van der Waals surface area contributed by atoms with Crippen LogP contribution in [0, 0.1) is 0 Å². The number of aliphatic hydroxyl groups excluding tert-OH is 5. The predicted molar refractivity (Wildman–Crippen MR) is 303 cm³/mol. The molecular formula is C69H64O11. The second-order valence-electron chi connectivity index (χ2n) is 20.2. The molecule has 0 radical (unpaired) electrons. The Kier molecular flexibility index (Phi) is 16.4. The molecule has 2 aliphatic rings. The summed E-state index contributed by atoms with van der Waals surface area (Å²) < 4.78 is 45.3. The second-order valence-corrected chi connectivity index (χ2v) is 20.2. The van der Waals surface area contributed by atoms with Crippen LogP contribution in [0.3, 0.4) is 0 Å². The average molecular weight is 1070 g/mol. The van der Waals surface area contributed by atoms with Gasteiger partial charge in [-0.25, -0.2) is 0 Å². The van der Waals surface area contributed by atoms with E-state index in [1.165, 1.54) is 0 Å². The molecular weight excluding hydrogens is 1000 g/mol. The summed E-state index contributed by atoms with van der Waals surface area (Å²) in [6.45, 7) is -1.95. The van der Waals surface area contributed by atoms with Gasteiger partial charge in [-0.05, 0) is 50.1 Å². The zero-order valence-corrected chi connectivity index (χ0v) is 43.9. The fourth-order valence-electron chi connectivity index (χ4n) is 11.7. The third-order valence-electron chi connectivity index (χ3n) is 15.5. The van der Waals surface area contributed by atoms with Gasteiger partial charge in [-0.2, -0.15) is 0 Å². The number of aliphatic hydroxyl groups is 5. The van der Waals surface area contributed by atoms with E-state index in [1.54, 1.807) is 0 Å². The second kappa shape index (κ2) is 24.1. The van der Waals surface area contributed by atoms with Crippen molar-refractivity contribution in [1.82, 2.24) is 0 Å². The lowest BCUT2D eigenvalue weighted by Crippen LogP contribution is -2.64. The Balaban J connectivity index is 1.23. The molecule has 2 aliphatic heterocycles. The van der Waals surface area contributed by atoms with Crippen molar-refractivity contribution < 1.29 is 54.0 Å². The zero-order valence-electron chi connectivity index (χ0n) is 43.9. The third-order valence-corrected chi connectivity index (χ3v) is 15.5. The molecule has 0 aromatic heterocycles. The largest absolute Gasteiger partial charge is 0.394 e. The van der Waals surface area contributed by atoms with E-state index in [4.69, 9.17) is 28.4 Å². The van der Waals surface area contributed by atoms with Crippen LogP contribution in [0.4, 0.5) is 0 Å². The molecule has 406 valence electrons. The topological polar surface area (TPSA) is 157 Å². The van der Waals surface area contributed by atoms with Gasteiger partial charge in [-0.15, -0.1) is 0 Å². The first-order valence-corrected chi connectivity index (χ1v) is 27.0.